The Morgan fingerprint density at radius 3 is 2.70 bits per heavy atom. The van der Waals surface area contributed by atoms with Gasteiger partial charge >= 0.3 is 5.69 Å². The second-order valence-electron chi connectivity index (χ2n) is 6.46. The molecule has 2 atom stereocenters. The summed E-state index contributed by atoms with van der Waals surface area (Å²) in [6.45, 7) is 6.02. The summed E-state index contributed by atoms with van der Waals surface area (Å²) in [5.74, 6) is 0. The minimum absolute atomic E-state index is 0.00601. The van der Waals surface area contributed by atoms with Gasteiger partial charge in [-0.25, -0.2) is 4.79 Å². The van der Waals surface area contributed by atoms with Crippen LogP contribution in [0.3, 0.4) is 0 Å². The third-order valence-corrected chi connectivity index (χ3v) is 5.02. The van der Waals surface area contributed by atoms with Crippen molar-refractivity contribution >= 4 is 11.0 Å². The van der Waals surface area contributed by atoms with Gasteiger partial charge in [0.1, 0.15) is 0 Å². The molecule has 1 aliphatic rings. The first kappa shape index (κ1) is 14.3. The number of H-pyrrole nitrogens is 1. The van der Waals surface area contributed by atoms with Crippen molar-refractivity contribution in [1.82, 2.24) is 14.5 Å². The first-order valence-electron chi connectivity index (χ1n) is 8.16. The maximum Gasteiger partial charge on any atom is 0.326 e. The van der Waals surface area contributed by atoms with Crippen LogP contribution in [0.25, 0.3) is 11.0 Å². The molecular formula is C19H21N3O. The summed E-state index contributed by atoms with van der Waals surface area (Å²) in [5.41, 5.74) is 4.52. The van der Waals surface area contributed by atoms with E-state index in [0.29, 0.717) is 12.6 Å². The molecule has 0 saturated heterocycles. The largest absolute Gasteiger partial charge is 0.326 e. The quantitative estimate of drug-likeness (QED) is 0.789. The molecular weight excluding hydrogens is 286 g/mol. The van der Waals surface area contributed by atoms with Gasteiger partial charge in [-0.3, -0.25) is 9.47 Å². The van der Waals surface area contributed by atoms with Gasteiger partial charge < -0.3 is 4.98 Å². The summed E-state index contributed by atoms with van der Waals surface area (Å²) in [6, 6.07) is 17.3. The molecule has 4 heteroatoms. The van der Waals surface area contributed by atoms with Crippen molar-refractivity contribution in [2.24, 2.45) is 0 Å². The molecule has 0 amide bonds. The molecule has 0 bridgehead atoms. The predicted octanol–water partition coefficient (Wildman–Crippen LogP) is 3.29. The third kappa shape index (κ3) is 2.30. The molecule has 1 aliphatic heterocycles. The number of benzene rings is 2. The van der Waals surface area contributed by atoms with E-state index in [9.17, 15) is 4.79 Å². The summed E-state index contributed by atoms with van der Waals surface area (Å²) < 4.78 is 1.90. The Balaban J connectivity index is 1.79. The highest BCUT2D eigenvalue weighted by molar-refractivity contribution is 5.79. The number of hydrogen-bond acceptors (Lipinski definition) is 2. The van der Waals surface area contributed by atoms with Gasteiger partial charge in [0.15, 0.2) is 0 Å². The van der Waals surface area contributed by atoms with Crippen LogP contribution in [0.5, 0.6) is 0 Å². The van der Waals surface area contributed by atoms with Crippen LogP contribution in [0.1, 0.15) is 31.0 Å². The molecule has 4 nitrogen and oxygen atoms in total. The van der Waals surface area contributed by atoms with Gasteiger partial charge in [-0.15, -0.1) is 0 Å². The van der Waals surface area contributed by atoms with Crippen LogP contribution in [0.2, 0.25) is 0 Å². The van der Waals surface area contributed by atoms with Crippen molar-refractivity contribution < 1.29 is 0 Å². The molecule has 1 aromatic heterocycles. The number of hydrogen-bond donors (Lipinski definition) is 1. The summed E-state index contributed by atoms with van der Waals surface area (Å²) in [5, 5.41) is 0. The van der Waals surface area contributed by atoms with E-state index in [0.717, 1.165) is 17.6 Å². The number of aromatic amines is 1. The van der Waals surface area contributed by atoms with Gasteiger partial charge in [-0.05, 0) is 31.0 Å². The second-order valence-corrected chi connectivity index (χ2v) is 6.46. The highest BCUT2D eigenvalue weighted by Gasteiger charge is 2.27. The molecule has 2 heterocycles. The lowest BCUT2D eigenvalue weighted by Crippen LogP contribution is -2.37. The highest BCUT2D eigenvalue weighted by atomic mass is 16.1. The van der Waals surface area contributed by atoms with Crippen LogP contribution in [0.4, 0.5) is 0 Å². The lowest BCUT2D eigenvalue weighted by atomic mass is 10.0. The number of nitrogens with zero attached hydrogens (tertiary/aromatic N) is 2. The molecule has 118 valence electrons. The van der Waals surface area contributed by atoms with Crippen LogP contribution in [-0.4, -0.2) is 20.5 Å². The van der Waals surface area contributed by atoms with Gasteiger partial charge in [-0.1, -0.05) is 42.5 Å². The summed E-state index contributed by atoms with van der Waals surface area (Å²) in [7, 11) is 0. The predicted molar refractivity (Wildman–Crippen MR) is 92.4 cm³/mol. The van der Waals surface area contributed by atoms with Crippen LogP contribution in [0.15, 0.2) is 53.3 Å². The second kappa shape index (κ2) is 5.39. The maximum atomic E-state index is 12.3. The molecule has 4 rings (SSSR count). The normalized spacial score (nSPS) is 19.7. The van der Waals surface area contributed by atoms with E-state index in [4.69, 9.17) is 0 Å². The zero-order valence-corrected chi connectivity index (χ0v) is 13.5. The van der Waals surface area contributed by atoms with Crippen molar-refractivity contribution in [2.45, 2.75) is 39.0 Å². The van der Waals surface area contributed by atoms with E-state index in [1.54, 1.807) is 0 Å². The van der Waals surface area contributed by atoms with Gasteiger partial charge in [0.25, 0.3) is 0 Å². The molecule has 0 radical (unpaired) electrons. The number of aromatic nitrogens is 2. The lowest BCUT2D eigenvalue weighted by Gasteiger charge is -2.33. The summed E-state index contributed by atoms with van der Waals surface area (Å²) >= 11 is 0. The zero-order valence-electron chi connectivity index (χ0n) is 13.5. The van der Waals surface area contributed by atoms with Gasteiger partial charge in [0.05, 0.1) is 11.0 Å². The van der Waals surface area contributed by atoms with Crippen LogP contribution in [0, 0.1) is 0 Å². The van der Waals surface area contributed by atoms with Gasteiger partial charge in [0, 0.05) is 25.2 Å². The van der Waals surface area contributed by atoms with E-state index in [1.165, 1.54) is 11.1 Å². The number of para-hydroxylation sites is 1. The molecule has 0 fully saturated rings. The fourth-order valence-corrected chi connectivity index (χ4v) is 3.76. The van der Waals surface area contributed by atoms with E-state index in [-0.39, 0.29) is 11.7 Å². The molecule has 1 N–H and O–H groups in total. The van der Waals surface area contributed by atoms with Crippen LogP contribution >= 0.6 is 0 Å². The number of imidazole rings is 1. The van der Waals surface area contributed by atoms with E-state index in [2.05, 4.69) is 54.1 Å². The van der Waals surface area contributed by atoms with Crippen molar-refractivity contribution in [3.05, 3.63) is 70.1 Å². The number of rotatable bonds is 2. The maximum absolute atomic E-state index is 12.3. The van der Waals surface area contributed by atoms with Gasteiger partial charge in [0.2, 0.25) is 0 Å². The van der Waals surface area contributed by atoms with Crippen LogP contribution < -0.4 is 5.69 Å². The molecule has 0 spiro atoms. The van der Waals surface area contributed by atoms with Gasteiger partial charge in [-0.2, -0.15) is 0 Å². The summed E-state index contributed by atoms with van der Waals surface area (Å²) in [4.78, 5) is 17.7. The SMILES string of the molecule is CC1Cn2c(=O)[nH]c3cccc(c32)CN1C(C)c1ccccc1. The Labute approximate surface area is 135 Å². The van der Waals surface area contributed by atoms with Crippen molar-refractivity contribution in [3.8, 4) is 0 Å². The fourth-order valence-electron chi connectivity index (χ4n) is 3.76. The Kier molecular flexibility index (Phi) is 3.34. The zero-order chi connectivity index (χ0) is 16.0. The molecule has 0 aliphatic carbocycles. The first-order chi connectivity index (χ1) is 11.1. The van der Waals surface area contributed by atoms with Crippen molar-refractivity contribution in [3.63, 3.8) is 0 Å². The van der Waals surface area contributed by atoms with E-state index in [1.807, 2.05) is 22.8 Å². The first-order valence-corrected chi connectivity index (χ1v) is 8.16. The standard InChI is InChI=1S/C19H21N3O/c1-13-11-22-18-16(9-6-10-17(18)20-19(22)23)12-21(13)14(2)15-7-4-3-5-8-15/h3-10,13-14H,11-12H2,1-2H3,(H,20,23). The Bertz CT molecular complexity index is 894. The average molecular weight is 307 g/mol. The fraction of sp³-hybridized carbons (Fsp3) is 0.316. The average Bonchev–Trinajstić information content (AvgIpc) is 2.79. The molecule has 23 heavy (non-hydrogen) atoms. The summed E-state index contributed by atoms with van der Waals surface area (Å²) in [6.07, 6.45) is 0. The molecule has 2 aromatic carbocycles. The van der Waals surface area contributed by atoms with Crippen molar-refractivity contribution in [2.75, 3.05) is 0 Å². The van der Waals surface area contributed by atoms with Crippen molar-refractivity contribution in [1.29, 1.82) is 0 Å². The topological polar surface area (TPSA) is 41.0 Å². The monoisotopic (exact) mass is 307 g/mol. The number of nitrogens with one attached hydrogen (secondary N) is 1. The molecule has 2 unspecified atom stereocenters. The smallest absolute Gasteiger partial charge is 0.306 e. The Morgan fingerprint density at radius 1 is 1.13 bits per heavy atom. The minimum Gasteiger partial charge on any atom is -0.306 e. The minimum atomic E-state index is -0.00601. The van der Waals surface area contributed by atoms with E-state index >= 15 is 0 Å². The molecule has 0 saturated carbocycles. The lowest BCUT2D eigenvalue weighted by molar-refractivity contribution is 0.136. The Morgan fingerprint density at radius 2 is 1.91 bits per heavy atom. The highest BCUT2D eigenvalue weighted by Crippen LogP contribution is 2.30. The molecule has 3 aromatic rings. The van der Waals surface area contributed by atoms with Crippen LogP contribution in [-0.2, 0) is 13.1 Å². The van der Waals surface area contributed by atoms with E-state index < -0.39 is 0 Å². The Hall–Kier alpha value is -2.33. The third-order valence-electron chi connectivity index (χ3n) is 5.02.